The molecule has 0 unspecified atom stereocenters. The molecule has 0 fully saturated rings. The van der Waals surface area contributed by atoms with Gasteiger partial charge in [-0.3, -0.25) is 4.79 Å². The first-order chi connectivity index (χ1) is 11.6. The highest BCUT2D eigenvalue weighted by molar-refractivity contribution is 8.01. The van der Waals surface area contributed by atoms with Crippen LogP contribution in [0.15, 0.2) is 4.34 Å². The number of nitriles is 1. The zero-order valence-corrected chi connectivity index (χ0v) is 16.0. The summed E-state index contributed by atoms with van der Waals surface area (Å²) in [5.41, 5.74) is 1.81. The maximum Gasteiger partial charge on any atom is 0.235 e. The third-order valence-electron chi connectivity index (χ3n) is 4.14. The molecular formula is C16H18N4OS3. The first-order valence-electron chi connectivity index (χ1n) is 7.88. The summed E-state index contributed by atoms with van der Waals surface area (Å²) in [5.74, 6) is 0.872. The van der Waals surface area contributed by atoms with Gasteiger partial charge in [-0.1, -0.05) is 36.4 Å². The van der Waals surface area contributed by atoms with Gasteiger partial charge in [-0.25, -0.2) is 0 Å². The zero-order chi connectivity index (χ0) is 17.1. The van der Waals surface area contributed by atoms with Crippen molar-refractivity contribution in [2.24, 2.45) is 5.92 Å². The number of rotatable bonds is 5. The molecule has 1 aliphatic rings. The Morgan fingerprint density at radius 2 is 2.29 bits per heavy atom. The maximum absolute atomic E-state index is 12.2. The predicted molar refractivity (Wildman–Crippen MR) is 98.8 cm³/mol. The Morgan fingerprint density at radius 3 is 2.96 bits per heavy atom. The second-order valence-corrected chi connectivity index (χ2v) is 9.27. The molecule has 0 saturated carbocycles. The van der Waals surface area contributed by atoms with Crippen LogP contribution in [0, 0.1) is 24.2 Å². The molecule has 0 spiro atoms. The topological polar surface area (TPSA) is 78.7 Å². The Morgan fingerprint density at radius 1 is 1.46 bits per heavy atom. The Hall–Kier alpha value is -1.43. The molecule has 1 atom stereocenters. The summed E-state index contributed by atoms with van der Waals surface area (Å²) in [7, 11) is 0. The van der Waals surface area contributed by atoms with Gasteiger partial charge in [0.2, 0.25) is 5.91 Å². The normalized spacial score (nSPS) is 16.5. The van der Waals surface area contributed by atoms with Gasteiger partial charge >= 0.3 is 0 Å². The van der Waals surface area contributed by atoms with E-state index in [1.54, 1.807) is 11.3 Å². The molecule has 0 bridgehead atoms. The summed E-state index contributed by atoms with van der Waals surface area (Å²) < 4.78 is 0.791. The lowest BCUT2D eigenvalue weighted by Gasteiger charge is -2.20. The smallest absolute Gasteiger partial charge is 0.235 e. The molecule has 2 aromatic rings. The summed E-state index contributed by atoms with van der Waals surface area (Å²) in [6, 6.07) is 2.29. The van der Waals surface area contributed by atoms with E-state index in [0.29, 0.717) is 16.5 Å². The highest BCUT2D eigenvalue weighted by Crippen LogP contribution is 2.40. The summed E-state index contributed by atoms with van der Waals surface area (Å²) >= 11 is 4.43. The van der Waals surface area contributed by atoms with Crippen molar-refractivity contribution in [2.75, 3.05) is 11.1 Å². The van der Waals surface area contributed by atoms with Gasteiger partial charge in [0.05, 0.1) is 11.3 Å². The van der Waals surface area contributed by atoms with Crippen LogP contribution in [0.2, 0.25) is 0 Å². The van der Waals surface area contributed by atoms with E-state index in [1.807, 2.05) is 6.92 Å². The summed E-state index contributed by atoms with van der Waals surface area (Å²) in [6.07, 6.45) is 4.27. The molecule has 0 aromatic carbocycles. The van der Waals surface area contributed by atoms with Crippen molar-refractivity contribution in [3.63, 3.8) is 0 Å². The van der Waals surface area contributed by atoms with Crippen LogP contribution in [0.4, 0.5) is 5.00 Å². The minimum atomic E-state index is -0.102. The Bertz CT molecular complexity index is 790. The molecule has 1 aliphatic carbocycles. The van der Waals surface area contributed by atoms with Gasteiger partial charge in [0.15, 0.2) is 4.34 Å². The molecule has 24 heavy (non-hydrogen) atoms. The van der Waals surface area contributed by atoms with Gasteiger partial charge in [0, 0.05) is 4.88 Å². The number of anilines is 1. The number of carbonyl (C=O) groups excluding carboxylic acids is 1. The van der Waals surface area contributed by atoms with E-state index in [1.165, 1.54) is 34.4 Å². The second-order valence-electron chi connectivity index (χ2n) is 5.76. The maximum atomic E-state index is 12.2. The quantitative estimate of drug-likeness (QED) is 0.795. The molecular weight excluding hydrogens is 360 g/mol. The molecule has 1 amide bonds. The molecule has 126 valence electrons. The molecule has 8 heteroatoms. The molecule has 5 nitrogen and oxygen atoms in total. The molecule has 0 saturated heterocycles. The van der Waals surface area contributed by atoms with Crippen LogP contribution in [0.1, 0.15) is 40.8 Å². The van der Waals surface area contributed by atoms with Crippen molar-refractivity contribution in [1.29, 1.82) is 5.26 Å². The van der Waals surface area contributed by atoms with Crippen LogP contribution in [-0.2, 0) is 17.6 Å². The van der Waals surface area contributed by atoms with Gasteiger partial charge in [-0.2, -0.15) is 5.26 Å². The number of hydrogen-bond donors (Lipinski definition) is 1. The van der Waals surface area contributed by atoms with Gasteiger partial charge in [-0.05, 0) is 37.7 Å². The number of thiophene rings is 1. The molecule has 0 radical (unpaired) electrons. The van der Waals surface area contributed by atoms with E-state index in [0.717, 1.165) is 34.2 Å². The van der Waals surface area contributed by atoms with Crippen molar-refractivity contribution < 1.29 is 4.79 Å². The lowest BCUT2D eigenvalue weighted by atomic mass is 9.86. The Kier molecular flexibility index (Phi) is 5.54. The fraction of sp³-hybridized carbons (Fsp3) is 0.500. The fourth-order valence-electron chi connectivity index (χ4n) is 2.84. The lowest BCUT2D eigenvalue weighted by Crippen LogP contribution is -2.14. The number of thioether (sulfide) groups is 1. The van der Waals surface area contributed by atoms with Crippen LogP contribution in [0.3, 0.4) is 0 Å². The number of nitrogens with one attached hydrogen (secondary N) is 1. The summed E-state index contributed by atoms with van der Waals surface area (Å²) in [5, 5.41) is 22.0. The van der Waals surface area contributed by atoms with Gasteiger partial charge in [0.1, 0.15) is 16.1 Å². The van der Waals surface area contributed by atoms with Gasteiger partial charge in [-0.15, -0.1) is 21.5 Å². The van der Waals surface area contributed by atoms with E-state index >= 15 is 0 Å². The minimum Gasteiger partial charge on any atom is -0.316 e. The highest BCUT2D eigenvalue weighted by Gasteiger charge is 2.25. The van der Waals surface area contributed by atoms with Crippen LogP contribution >= 0.6 is 34.4 Å². The van der Waals surface area contributed by atoms with Crippen molar-refractivity contribution >= 4 is 45.3 Å². The molecule has 3 rings (SSSR count). The third-order valence-corrected chi connectivity index (χ3v) is 7.29. The number of fused-ring (bicyclic) bond motifs is 1. The zero-order valence-electron chi connectivity index (χ0n) is 13.6. The first kappa shape index (κ1) is 17.4. The molecule has 2 heterocycles. The van der Waals surface area contributed by atoms with Crippen LogP contribution in [-0.4, -0.2) is 21.9 Å². The van der Waals surface area contributed by atoms with E-state index in [2.05, 4.69) is 28.5 Å². The predicted octanol–water partition coefficient (Wildman–Crippen LogP) is 4.03. The summed E-state index contributed by atoms with van der Waals surface area (Å²) in [6.45, 7) is 4.10. The van der Waals surface area contributed by atoms with Crippen molar-refractivity contribution in [3.05, 3.63) is 21.0 Å². The third kappa shape index (κ3) is 3.79. The van der Waals surface area contributed by atoms with E-state index in [9.17, 15) is 10.1 Å². The lowest BCUT2D eigenvalue weighted by molar-refractivity contribution is -0.113. The van der Waals surface area contributed by atoms with Gasteiger partial charge < -0.3 is 5.32 Å². The average molecular weight is 379 g/mol. The Labute approximate surface area is 153 Å². The van der Waals surface area contributed by atoms with Crippen LogP contribution in [0.25, 0.3) is 0 Å². The molecule has 0 aliphatic heterocycles. The fourth-order valence-corrected chi connectivity index (χ4v) is 5.78. The van der Waals surface area contributed by atoms with Crippen molar-refractivity contribution in [3.8, 4) is 6.07 Å². The standard InChI is InChI=1S/C16H18N4OS3/c1-3-10-4-5-11-12(7-17)15(24-13(11)6-10)18-14(21)8-22-16-20-19-9(2)23-16/h10H,3-6,8H2,1-2H3,(H,18,21)/t10-/m1/s1. The average Bonchev–Trinajstić information content (AvgIpc) is 3.14. The largest absolute Gasteiger partial charge is 0.316 e. The molecule has 2 aromatic heterocycles. The van der Waals surface area contributed by atoms with Crippen LogP contribution < -0.4 is 5.32 Å². The van der Waals surface area contributed by atoms with E-state index in [-0.39, 0.29) is 11.7 Å². The number of aromatic nitrogens is 2. The number of aryl methyl sites for hydroxylation is 1. The summed E-state index contributed by atoms with van der Waals surface area (Å²) in [4.78, 5) is 13.5. The van der Waals surface area contributed by atoms with E-state index in [4.69, 9.17) is 0 Å². The number of amides is 1. The first-order valence-corrected chi connectivity index (χ1v) is 10.5. The number of carbonyl (C=O) groups is 1. The second kappa shape index (κ2) is 7.64. The van der Waals surface area contributed by atoms with Gasteiger partial charge in [0.25, 0.3) is 0 Å². The SMILES string of the molecule is CC[C@@H]1CCc2c(sc(NC(=O)CSc3nnc(C)s3)c2C#N)C1. The molecule has 1 N–H and O–H groups in total. The monoisotopic (exact) mass is 378 g/mol. The van der Waals surface area contributed by atoms with Crippen molar-refractivity contribution in [2.45, 2.75) is 43.9 Å². The highest BCUT2D eigenvalue weighted by atomic mass is 32.2. The van der Waals surface area contributed by atoms with E-state index < -0.39 is 0 Å². The van der Waals surface area contributed by atoms with Crippen LogP contribution in [0.5, 0.6) is 0 Å². The minimum absolute atomic E-state index is 0.102. The number of hydrogen-bond acceptors (Lipinski definition) is 7. The number of nitrogens with zero attached hydrogens (tertiary/aromatic N) is 3. The van der Waals surface area contributed by atoms with Crippen molar-refractivity contribution in [1.82, 2.24) is 10.2 Å². The Balaban J connectivity index is 1.67.